The molecule has 236 valence electrons. The Labute approximate surface area is 288 Å². The molecule has 1 saturated carbocycles. The Hall–Kier alpha value is -5.40. The highest BCUT2D eigenvalue weighted by Crippen LogP contribution is 2.53. The number of nitrogens with zero attached hydrogens (tertiary/aromatic N) is 1. The van der Waals surface area contributed by atoms with Crippen molar-refractivity contribution in [1.82, 2.24) is 0 Å². The van der Waals surface area contributed by atoms with Crippen LogP contribution in [-0.2, 0) is 5.41 Å². The fourth-order valence-electron chi connectivity index (χ4n) is 9.14. The highest BCUT2D eigenvalue weighted by Gasteiger charge is 2.37. The molecule has 1 heteroatoms. The van der Waals surface area contributed by atoms with Crippen LogP contribution in [0.3, 0.4) is 0 Å². The minimum Gasteiger partial charge on any atom is -0.310 e. The summed E-state index contributed by atoms with van der Waals surface area (Å²) in [5, 5.41) is 10.3. The summed E-state index contributed by atoms with van der Waals surface area (Å²) < 4.78 is 0. The Morgan fingerprint density at radius 3 is 1.69 bits per heavy atom. The molecule has 0 unspecified atom stereocenters. The van der Waals surface area contributed by atoms with Crippen LogP contribution >= 0.6 is 0 Å². The molecule has 2 aliphatic carbocycles. The number of hydrogen-bond donors (Lipinski definition) is 0. The van der Waals surface area contributed by atoms with Gasteiger partial charge in [-0.2, -0.15) is 0 Å². The third-order valence-corrected chi connectivity index (χ3v) is 11.7. The summed E-state index contributed by atoms with van der Waals surface area (Å²) in [5.74, 6) is 0.727. The first-order valence-corrected chi connectivity index (χ1v) is 17.9. The third kappa shape index (κ3) is 4.52. The van der Waals surface area contributed by atoms with Crippen LogP contribution in [0, 0.1) is 0 Å². The lowest BCUT2D eigenvalue weighted by Gasteiger charge is -2.27. The monoisotopic (exact) mass is 629 g/mol. The largest absolute Gasteiger partial charge is 0.310 e. The number of rotatable bonds is 4. The first kappa shape index (κ1) is 28.6. The van der Waals surface area contributed by atoms with Gasteiger partial charge < -0.3 is 4.90 Å². The number of benzene rings is 8. The topological polar surface area (TPSA) is 3.24 Å². The number of fused-ring (bicyclic) bond motifs is 8. The Balaban J connectivity index is 1.12. The molecule has 8 aromatic rings. The van der Waals surface area contributed by atoms with Crippen LogP contribution in [0.1, 0.15) is 62.1 Å². The Morgan fingerprint density at radius 2 is 1.02 bits per heavy atom. The predicted molar refractivity (Wildman–Crippen MR) is 210 cm³/mol. The molecule has 0 bridgehead atoms. The van der Waals surface area contributed by atoms with E-state index in [2.05, 4.69) is 164 Å². The molecule has 0 aliphatic heterocycles. The van der Waals surface area contributed by atoms with Crippen LogP contribution in [-0.4, -0.2) is 0 Å². The van der Waals surface area contributed by atoms with Gasteiger partial charge in [-0.3, -0.25) is 0 Å². The Kier molecular flexibility index (Phi) is 6.31. The van der Waals surface area contributed by atoms with E-state index in [4.69, 9.17) is 0 Å². The van der Waals surface area contributed by atoms with Crippen molar-refractivity contribution in [2.75, 3.05) is 4.90 Å². The maximum absolute atomic E-state index is 2.50. The molecule has 10 rings (SSSR count). The Bertz CT molecular complexity index is 2520. The minimum atomic E-state index is -0.0976. The molecule has 0 heterocycles. The minimum absolute atomic E-state index is 0.0976. The van der Waals surface area contributed by atoms with Crippen molar-refractivity contribution in [3.63, 3.8) is 0 Å². The van der Waals surface area contributed by atoms with Gasteiger partial charge in [-0.25, -0.2) is 0 Å². The summed E-state index contributed by atoms with van der Waals surface area (Å²) >= 11 is 0. The van der Waals surface area contributed by atoms with Gasteiger partial charge in [0.25, 0.3) is 0 Å². The van der Waals surface area contributed by atoms with Crippen molar-refractivity contribution in [3.8, 4) is 11.1 Å². The summed E-state index contributed by atoms with van der Waals surface area (Å²) in [6.45, 7) is 4.85. The number of anilines is 3. The van der Waals surface area contributed by atoms with Crippen LogP contribution in [0.15, 0.2) is 146 Å². The number of hydrogen-bond acceptors (Lipinski definition) is 1. The summed E-state index contributed by atoms with van der Waals surface area (Å²) in [7, 11) is 0. The normalized spacial score (nSPS) is 15.3. The van der Waals surface area contributed by atoms with Gasteiger partial charge in [0, 0.05) is 22.5 Å². The molecule has 0 saturated heterocycles. The van der Waals surface area contributed by atoms with E-state index in [1.165, 1.54) is 96.6 Å². The van der Waals surface area contributed by atoms with Gasteiger partial charge in [0.15, 0.2) is 0 Å². The first-order valence-electron chi connectivity index (χ1n) is 17.9. The van der Waals surface area contributed by atoms with Gasteiger partial charge in [-0.05, 0) is 138 Å². The van der Waals surface area contributed by atoms with Crippen molar-refractivity contribution < 1.29 is 0 Å². The van der Waals surface area contributed by atoms with Gasteiger partial charge in [-0.15, -0.1) is 0 Å². The van der Waals surface area contributed by atoms with Gasteiger partial charge in [0.2, 0.25) is 0 Å². The molecule has 1 nitrogen and oxygen atoms in total. The quantitative estimate of drug-likeness (QED) is 0.187. The van der Waals surface area contributed by atoms with Crippen molar-refractivity contribution in [2.45, 2.75) is 50.9 Å². The third-order valence-electron chi connectivity index (χ3n) is 11.7. The van der Waals surface area contributed by atoms with Crippen molar-refractivity contribution in [3.05, 3.63) is 162 Å². The van der Waals surface area contributed by atoms with Gasteiger partial charge in [-0.1, -0.05) is 124 Å². The fourth-order valence-corrected chi connectivity index (χ4v) is 9.14. The summed E-state index contributed by atoms with van der Waals surface area (Å²) in [6, 6.07) is 54.9. The van der Waals surface area contributed by atoms with E-state index in [0.29, 0.717) is 0 Å². The van der Waals surface area contributed by atoms with Gasteiger partial charge in [0.1, 0.15) is 0 Å². The standard InChI is InChI=1S/C48H39N/c1-48(2)46-30-39-25-36(31-9-3-4-10-31)15-16-37(39)29-45(46)44-23-19-38-28-42(22-24-43(38)47(44)48)49(40-20-17-32-11-5-7-13-34(32)26-40)41-21-18-33-12-6-8-14-35(33)27-41/h5-8,11-31H,3-4,9-10H2,1-2H3. The molecular weight excluding hydrogens is 591 g/mol. The van der Waals surface area contributed by atoms with Crippen LogP contribution in [0.5, 0.6) is 0 Å². The highest BCUT2D eigenvalue weighted by atomic mass is 15.1. The molecule has 8 aromatic carbocycles. The zero-order valence-corrected chi connectivity index (χ0v) is 28.2. The van der Waals surface area contributed by atoms with E-state index in [9.17, 15) is 0 Å². The fraction of sp³-hybridized carbons (Fsp3) is 0.167. The molecule has 2 aliphatic rings. The second-order valence-electron chi connectivity index (χ2n) is 14.9. The maximum atomic E-state index is 2.50. The van der Waals surface area contributed by atoms with Crippen LogP contribution < -0.4 is 4.90 Å². The Morgan fingerprint density at radius 1 is 0.469 bits per heavy atom. The lowest BCUT2D eigenvalue weighted by molar-refractivity contribution is 0.667. The van der Waals surface area contributed by atoms with E-state index in [0.717, 1.165) is 23.0 Å². The molecular formula is C48H39N. The maximum Gasteiger partial charge on any atom is 0.0468 e. The first-order chi connectivity index (χ1) is 24.0. The molecule has 0 N–H and O–H groups in total. The molecule has 0 aromatic heterocycles. The lowest BCUT2D eigenvalue weighted by Crippen LogP contribution is -2.15. The zero-order valence-electron chi connectivity index (χ0n) is 28.2. The average molecular weight is 630 g/mol. The van der Waals surface area contributed by atoms with Crippen molar-refractivity contribution in [2.24, 2.45) is 0 Å². The highest BCUT2D eigenvalue weighted by molar-refractivity contribution is 6.03. The average Bonchev–Trinajstić information content (AvgIpc) is 3.76. The second-order valence-corrected chi connectivity index (χ2v) is 14.9. The van der Waals surface area contributed by atoms with Crippen molar-refractivity contribution in [1.29, 1.82) is 0 Å². The molecule has 0 amide bonds. The van der Waals surface area contributed by atoms with Gasteiger partial charge in [0.05, 0.1) is 0 Å². The second kappa shape index (κ2) is 10.8. The SMILES string of the molecule is CC1(C)c2cc3cc(C4CCCC4)ccc3cc2-c2ccc3cc(N(c4ccc5ccccc5c4)c4ccc5ccccc5c4)ccc3c21. The van der Waals surface area contributed by atoms with Crippen LogP contribution in [0.25, 0.3) is 54.2 Å². The zero-order chi connectivity index (χ0) is 32.7. The van der Waals surface area contributed by atoms with E-state index in [1.54, 1.807) is 0 Å². The molecule has 1 fully saturated rings. The molecule has 0 atom stereocenters. The molecule has 0 spiro atoms. The molecule has 49 heavy (non-hydrogen) atoms. The predicted octanol–water partition coefficient (Wildman–Crippen LogP) is 13.7. The van der Waals surface area contributed by atoms with Gasteiger partial charge >= 0.3 is 0 Å². The summed E-state index contributed by atoms with van der Waals surface area (Å²) in [6.07, 6.45) is 5.40. The van der Waals surface area contributed by atoms with E-state index in [-0.39, 0.29) is 5.41 Å². The lowest BCUT2D eigenvalue weighted by atomic mass is 9.79. The van der Waals surface area contributed by atoms with Crippen LogP contribution in [0.4, 0.5) is 17.1 Å². The van der Waals surface area contributed by atoms with Crippen LogP contribution in [0.2, 0.25) is 0 Å². The van der Waals surface area contributed by atoms with E-state index >= 15 is 0 Å². The van der Waals surface area contributed by atoms with E-state index in [1.807, 2.05) is 0 Å². The molecule has 0 radical (unpaired) electrons. The summed E-state index contributed by atoms with van der Waals surface area (Å²) in [5.41, 5.74) is 10.6. The smallest absolute Gasteiger partial charge is 0.0468 e. The van der Waals surface area contributed by atoms with Crippen molar-refractivity contribution >= 4 is 60.2 Å². The van der Waals surface area contributed by atoms with E-state index < -0.39 is 0 Å². The summed E-state index contributed by atoms with van der Waals surface area (Å²) in [4.78, 5) is 2.42.